The molecule has 0 radical (unpaired) electrons. The van der Waals surface area contributed by atoms with Crippen molar-refractivity contribution in [2.75, 3.05) is 46.7 Å². The lowest BCUT2D eigenvalue weighted by molar-refractivity contribution is 0.0497. The average Bonchev–Trinajstić information content (AvgIpc) is 2.37. The van der Waals surface area contributed by atoms with E-state index in [9.17, 15) is 0 Å². The van der Waals surface area contributed by atoms with Crippen LogP contribution in [0.3, 0.4) is 0 Å². The largest absolute Gasteiger partial charge is 0.383 e. The predicted molar refractivity (Wildman–Crippen MR) is 77.5 cm³/mol. The van der Waals surface area contributed by atoms with Crippen molar-refractivity contribution in [3.8, 4) is 0 Å². The number of nitrogens with two attached hydrogens (primary N) is 1. The fraction of sp³-hybridized carbons (Fsp3) is 0.923. The fourth-order valence-electron chi connectivity index (χ4n) is 1.39. The molecule has 0 aliphatic carbocycles. The van der Waals surface area contributed by atoms with Crippen LogP contribution < -0.4 is 11.1 Å². The van der Waals surface area contributed by atoms with Crippen molar-refractivity contribution < 1.29 is 14.2 Å². The Labute approximate surface area is 116 Å². The van der Waals surface area contributed by atoms with Crippen LogP contribution in [0.1, 0.15) is 26.7 Å². The Balaban J connectivity index is 3.36. The fourth-order valence-corrected chi connectivity index (χ4v) is 1.39. The van der Waals surface area contributed by atoms with E-state index >= 15 is 0 Å². The van der Waals surface area contributed by atoms with Crippen molar-refractivity contribution in [2.45, 2.75) is 32.7 Å². The summed E-state index contributed by atoms with van der Waals surface area (Å²) in [6.45, 7) is 7.88. The number of aliphatic imine (C=N–C) groups is 1. The molecule has 6 heteroatoms. The van der Waals surface area contributed by atoms with Crippen LogP contribution in [0.15, 0.2) is 4.99 Å². The average molecular weight is 275 g/mol. The van der Waals surface area contributed by atoms with Crippen LogP contribution in [0.25, 0.3) is 0 Å². The third-order valence-electron chi connectivity index (χ3n) is 2.34. The standard InChI is InChI=1S/C13H29N3O3/c1-4-5-7-18-9-10-19-8-6-15-13(14)16-12(2)11-17-3/h12H,4-11H2,1-3H3,(H3,14,15,16). The van der Waals surface area contributed by atoms with Crippen LogP contribution >= 0.6 is 0 Å². The van der Waals surface area contributed by atoms with Crippen molar-refractivity contribution in [2.24, 2.45) is 10.7 Å². The highest BCUT2D eigenvalue weighted by Crippen LogP contribution is 1.88. The van der Waals surface area contributed by atoms with Gasteiger partial charge in [0.05, 0.1) is 33.0 Å². The van der Waals surface area contributed by atoms with E-state index in [4.69, 9.17) is 19.9 Å². The van der Waals surface area contributed by atoms with Crippen molar-refractivity contribution in [1.82, 2.24) is 5.32 Å². The van der Waals surface area contributed by atoms with Crippen molar-refractivity contribution in [3.63, 3.8) is 0 Å². The van der Waals surface area contributed by atoms with Gasteiger partial charge in [-0.05, 0) is 13.3 Å². The molecule has 1 atom stereocenters. The molecule has 0 fully saturated rings. The first-order valence-corrected chi connectivity index (χ1v) is 6.91. The van der Waals surface area contributed by atoms with Crippen LogP contribution in [-0.2, 0) is 14.2 Å². The second-order valence-electron chi connectivity index (χ2n) is 4.35. The quantitative estimate of drug-likeness (QED) is 0.312. The predicted octanol–water partition coefficient (Wildman–Crippen LogP) is 0.759. The van der Waals surface area contributed by atoms with Gasteiger partial charge in [-0.25, -0.2) is 0 Å². The Morgan fingerprint density at radius 2 is 1.89 bits per heavy atom. The summed E-state index contributed by atoms with van der Waals surface area (Å²) in [5.74, 6) is 0.423. The monoisotopic (exact) mass is 275 g/mol. The number of ether oxygens (including phenoxy) is 3. The molecular formula is C13H29N3O3. The maximum Gasteiger partial charge on any atom is 0.188 e. The molecule has 0 rings (SSSR count). The van der Waals surface area contributed by atoms with Crippen LogP contribution in [0.4, 0.5) is 0 Å². The highest BCUT2D eigenvalue weighted by molar-refractivity contribution is 5.78. The molecule has 0 aromatic rings. The van der Waals surface area contributed by atoms with Gasteiger partial charge in [-0.1, -0.05) is 13.3 Å². The smallest absolute Gasteiger partial charge is 0.188 e. The number of hydrogen-bond acceptors (Lipinski definition) is 4. The highest BCUT2D eigenvalue weighted by Gasteiger charge is 2.00. The maximum atomic E-state index is 5.70. The second-order valence-corrected chi connectivity index (χ2v) is 4.35. The van der Waals surface area contributed by atoms with E-state index in [0.29, 0.717) is 38.9 Å². The Morgan fingerprint density at radius 3 is 2.53 bits per heavy atom. The van der Waals surface area contributed by atoms with E-state index in [2.05, 4.69) is 17.2 Å². The van der Waals surface area contributed by atoms with E-state index in [1.165, 1.54) is 0 Å². The van der Waals surface area contributed by atoms with Gasteiger partial charge in [0.25, 0.3) is 0 Å². The zero-order valence-electron chi connectivity index (χ0n) is 12.5. The van der Waals surface area contributed by atoms with Gasteiger partial charge in [-0.3, -0.25) is 4.99 Å². The highest BCUT2D eigenvalue weighted by atomic mass is 16.5. The number of hydrogen-bond donors (Lipinski definition) is 2. The Kier molecular flexibility index (Phi) is 13.0. The maximum absolute atomic E-state index is 5.70. The summed E-state index contributed by atoms with van der Waals surface area (Å²) in [5.41, 5.74) is 5.70. The number of methoxy groups -OCH3 is 1. The van der Waals surface area contributed by atoms with Gasteiger partial charge in [-0.2, -0.15) is 0 Å². The third kappa shape index (κ3) is 13.4. The second kappa shape index (κ2) is 13.6. The molecule has 19 heavy (non-hydrogen) atoms. The van der Waals surface area contributed by atoms with E-state index < -0.39 is 0 Å². The van der Waals surface area contributed by atoms with Crippen LogP contribution in [0.5, 0.6) is 0 Å². The molecule has 1 unspecified atom stereocenters. The molecule has 6 nitrogen and oxygen atoms in total. The molecule has 0 spiro atoms. The third-order valence-corrected chi connectivity index (χ3v) is 2.34. The molecule has 0 amide bonds. The van der Waals surface area contributed by atoms with Crippen molar-refractivity contribution >= 4 is 5.96 Å². The van der Waals surface area contributed by atoms with Gasteiger partial charge in [0, 0.05) is 19.8 Å². The van der Waals surface area contributed by atoms with Gasteiger partial charge >= 0.3 is 0 Å². The van der Waals surface area contributed by atoms with Crippen LogP contribution in [-0.4, -0.2) is 58.7 Å². The lowest BCUT2D eigenvalue weighted by atomic mass is 10.4. The Hall–Kier alpha value is -0.850. The lowest BCUT2D eigenvalue weighted by Gasteiger charge is -2.13. The SMILES string of the molecule is CCCCOCCOCCN=C(N)NC(C)COC. The van der Waals surface area contributed by atoms with E-state index in [1.54, 1.807) is 7.11 Å². The minimum Gasteiger partial charge on any atom is -0.383 e. The summed E-state index contributed by atoms with van der Waals surface area (Å²) >= 11 is 0. The first kappa shape index (κ1) is 18.1. The first-order valence-electron chi connectivity index (χ1n) is 6.91. The lowest BCUT2D eigenvalue weighted by Crippen LogP contribution is -2.40. The van der Waals surface area contributed by atoms with Gasteiger partial charge < -0.3 is 25.3 Å². The molecule has 3 N–H and O–H groups in total. The number of unbranched alkanes of at least 4 members (excludes halogenated alkanes) is 1. The number of rotatable bonds is 12. The topological polar surface area (TPSA) is 78.1 Å². The summed E-state index contributed by atoms with van der Waals surface area (Å²) in [6.07, 6.45) is 2.26. The molecule has 0 aromatic carbocycles. The zero-order chi connectivity index (χ0) is 14.3. The van der Waals surface area contributed by atoms with Gasteiger partial charge in [0.15, 0.2) is 5.96 Å². The summed E-state index contributed by atoms with van der Waals surface area (Å²) in [6, 6.07) is 0.154. The van der Waals surface area contributed by atoms with Gasteiger partial charge in [-0.15, -0.1) is 0 Å². The summed E-state index contributed by atoms with van der Waals surface area (Å²) < 4.78 is 15.7. The molecule has 0 bridgehead atoms. The normalized spacial score (nSPS) is 13.5. The number of guanidine groups is 1. The Bertz CT molecular complexity index is 225. The molecule has 0 aromatic heterocycles. The number of nitrogens with one attached hydrogen (secondary N) is 1. The first-order chi connectivity index (χ1) is 9.20. The molecule has 0 saturated carbocycles. The molecule has 114 valence electrons. The molecule has 0 aliphatic rings. The van der Waals surface area contributed by atoms with Gasteiger partial charge in [0.2, 0.25) is 0 Å². The summed E-state index contributed by atoms with van der Waals surface area (Å²) in [5, 5.41) is 3.03. The molecule has 0 aliphatic heterocycles. The minimum absolute atomic E-state index is 0.154. The Morgan fingerprint density at radius 1 is 1.21 bits per heavy atom. The van der Waals surface area contributed by atoms with E-state index in [-0.39, 0.29) is 6.04 Å². The van der Waals surface area contributed by atoms with E-state index in [0.717, 1.165) is 19.4 Å². The molecular weight excluding hydrogens is 246 g/mol. The van der Waals surface area contributed by atoms with E-state index in [1.807, 2.05) is 6.92 Å². The molecule has 0 saturated heterocycles. The summed E-state index contributed by atoms with van der Waals surface area (Å²) in [4.78, 5) is 4.16. The van der Waals surface area contributed by atoms with Crippen LogP contribution in [0.2, 0.25) is 0 Å². The summed E-state index contributed by atoms with van der Waals surface area (Å²) in [7, 11) is 1.65. The van der Waals surface area contributed by atoms with Crippen molar-refractivity contribution in [1.29, 1.82) is 0 Å². The van der Waals surface area contributed by atoms with Gasteiger partial charge in [0.1, 0.15) is 0 Å². The van der Waals surface area contributed by atoms with Crippen molar-refractivity contribution in [3.05, 3.63) is 0 Å². The van der Waals surface area contributed by atoms with Crippen LogP contribution in [0, 0.1) is 0 Å². The number of nitrogens with zero attached hydrogens (tertiary/aromatic N) is 1. The zero-order valence-corrected chi connectivity index (χ0v) is 12.5. The minimum atomic E-state index is 0.154. The molecule has 0 heterocycles.